The summed E-state index contributed by atoms with van der Waals surface area (Å²) in [4.78, 5) is 12.9. The summed E-state index contributed by atoms with van der Waals surface area (Å²) < 4.78 is 4.99. The van der Waals surface area contributed by atoms with Crippen LogP contribution in [-0.4, -0.2) is 29.8 Å². The minimum atomic E-state index is -0.682. The summed E-state index contributed by atoms with van der Waals surface area (Å²) >= 11 is 0. The summed E-state index contributed by atoms with van der Waals surface area (Å²) in [6.07, 6.45) is 3.90. The first-order valence-electron chi connectivity index (χ1n) is 5.37. The van der Waals surface area contributed by atoms with Crippen LogP contribution >= 0.6 is 0 Å². The Bertz CT molecular complexity index is 197. The van der Waals surface area contributed by atoms with E-state index in [0.29, 0.717) is 6.04 Å². The lowest BCUT2D eigenvalue weighted by Crippen LogP contribution is -2.47. The standard InChI is InChI=1S/C10H20N2O2/c1-3-9-6-4-5-7-12(9)8(2)14-10(11)13/h8-9H,3-7H2,1-2H3,(H2,11,13). The van der Waals surface area contributed by atoms with Crippen LogP contribution in [0.15, 0.2) is 0 Å². The number of rotatable bonds is 3. The van der Waals surface area contributed by atoms with Crippen molar-refractivity contribution in [3.63, 3.8) is 0 Å². The summed E-state index contributed by atoms with van der Waals surface area (Å²) in [6.45, 7) is 5.06. The molecule has 1 aliphatic rings. The van der Waals surface area contributed by atoms with E-state index in [-0.39, 0.29) is 6.23 Å². The van der Waals surface area contributed by atoms with E-state index in [1.165, 1.54) is 19.3 Å². The third-order valence-corrected chi connectivity index (χ3v) is 2.90. The number of piperidine rings is 1. The van der Waals surface area contributed by atoms with Gasteiger partial charge in [0.05, 0.1) is 0 Å². The van der Waals surface area contributed by atoms with Crippen molar-refractivity contribution in [2.75, 3.05) is 6.54 Å². The van der Waals surface area contributed by atoms with Crippen LogP contribution in [0.25, 0.3) is 0 Å². The van der Waals surface area contributed by atoms with Crippen molar-refractivity contribution in [2.45, 2.75) is 51.8 Å². The summed E-state index contributed by atoms with van der Waals surface area (Å²) in [5.41, 5.74) is 5.00. The van der Waals surface area contributed by atoms with Crippen LogP contribution in [0.5, 0.6) is 0 Å². The summed E-state index contributed by atoms with van der Waals surface area (Å²) in [6, 6.07) is 0.540. The van der Waals surface area contributed by atoms with Crippen LogP contribution in [0.3, 0.4) is 0 Å². The summed E-state index contributed by atoms with van der Waals surface area (Å²) in [7, 11) is 0. The largest absolute Gasteiger partial charge is 0.431 e. The fourth-order valence-corrected chi connectivity index (χ4v) is 2.18. The van der Waals surface area contributed by atoms with Crippen LogP contribution in [0.1, 0.15) is 39.5 Å². The lowest BCUT2D eigenvalue weighted by atomic mass is 10.00. The van der Waals surface area contributed by atoms with Gasteiger partial charge in [-0.1, -0.05) is 13.3 Å². The Morgan fingerprint density at radius 1 is 1.64 bits per heavy atom. The van der Waals surface area contributed by atoms with Gasteiger partial charge in [0.25, 0.3) is 0 Å². The van der Waals surface area contributed by atoms with Crippen molar-refractivity contribution in [1.29, 1.82) is 0 Å². The van der Waals surface area contributed by atoms with E-state index < -0.39 is 6.09 Å². The number of carbonyl (C=O) groups excluding carboxylic acids is 1. The predicted molar refractivity (Wildman–Crippen MR) is 54.8 cm³/mol. The van der Waals surface area contributed by atoms with Gasteiger partial charge in [0.1, 0.15) is 0 Å². The van der Waals surface area contributed by atoms with Gasteiger partial charge < -0.3 is 10.5 Å². The number of primary amides is 1. The van der Waals surface area contributed by atoms with Gasteiger partial charge in [0, 0.05) is 12.6 Å². The van der Waals surface area contributed by atoms with Crippen molar-refractivity contribution in [3.05, 3.63) is 0 Å². The molecule has 1 heterocycles. The molecule has 4 nitrogen and oxygen atoms in total. The number of likely N-dealkylation sites (tertiary alicyclic amines) is 1. The lowest BCUT2D eigenvalue weighted by Gasteiger charge is -2.38. The Morgan fingerprint density at radius 3 is 2.93 bits per heavy atom. The first-order valence-corrected chi connectivity index (χ1v) is 5.37. The molecule has 0 aromatic heterocycles. The summed E-state index contributed by atoms with van der Waals surface area (Å²) in [5.74, 6) is 0. The van der Waals surface area contributed by atoms with Gasteiger partial charge in [-0.3, -0.25) is 4.90 Å². The highest BCUT2D eigenvalue weighted by atomic mass is 16.6. The fraction of sp³-hybridized carbons (Fsp3) is 0.900. The molecule has 4 heteroatoms. The van der Waals surface area contributed by atoms with Crippen LogP contribution in [0.4, 0.5) is 4.79 Å². The molecule has 2 unspecified atom stereocenters. The van der Waals surface area contributed by atoms with E-state index in [0.717, 1.165) is 13.0 Å². The number of hydrogen-bond donors (Lipinski definition) is 1. The number of ether oxygens (including phenoxy) is 1. The summed E-state index contributed by atoms with van der Waals surface area (Å²) in [5, 5.41) is 0. The molecule has 1 fully saturated rings. The molecule has 0 radical (unpaired) electrons. The molecule has 1 rings (SSSR count). The highest BCUT2D eigenvalue weighted by Crippen LogP contribution is 2.21. The van der Waals surface area contributed by atoms with Gasteiger partial charge in [0.15, 0.2) is 6.23 Å². The Labute approximate surface area is 85.4 Å². The molecule has 82 valence electrons. The first kappa shape index (κ1) is 11.3. The minimum Gasteiger partial charge on any atom is -0.431 e. The quantitative estimate of drug-likeness (QED) is 0.754. The van der Waals surface area contributed by atoms with Crippen LogP contribution in [0.2, 0.25) is 0 Å². The van der Waals surface area contributed by atoms with E-state index >= 15 is 0 Å². The minimum absolute atomic E-state index is 0.183. The molecular formula is C10H20N2O2. The number of hydrogen-bond acceptors (Lipinski definition) is 3. The number of amides is 1. The number of nitrogens with zero attached hydrogens (tertiary/aromatic N) is 1. The topological polar surface area (TPSA) is 55.6 Å². The van der Waals surface area contributed by atoms with Crippen LogP contribution in [-0.2, 0) is 4.74 Å². The Hall–Kier alpha value is -0.770. The predicted octanol–water partition coefficient (Wildman–Crippen LogP) is 1.69. The van der Waals surface area contributed by atoms with Gasteiger partial charge in [0.2, 0.25) is 0 Å². The van der Waals surface area contributed by atoms with E-state index in [9.17, 15) is 4.79 Å². The maximum absolute atomic E-state index is 10.6. The molecule has 2 atom stereocenters. The van der Waals surface area contributed by atoms with E-state index in [1.807, 2.05) is 6.92 Å². The van der Waals surface area contributed by atoms with Gasteiger partial charge >= 0.3 is 6.09 Å². The molecule has 2 N–H and O–H groups in total. The molecular weight excluding hydrogens is 180 g/mol. The maximum atomic E-state index is 10.6. The molecule has 0 bridgehead atoms. The average Bonchev–Trinajstić information content (AvgIpc) is 2.16. The Morgan fingerprint density at radius 2 is 2.36 bits per heavy atom. The van der Waals surface area contributed by atoms with Crippen LogP contribution < -0.4 is 5.73 Å². The van der Waals surface area contributed by atoms with Crippen LogP contribution in [0, 0.1) is 0 Å². The monoisotopic (exact) mass is 200 g/mol. The molecule has 0 aromatic rings. The normalized spacial score (nSPS) is 25.7. The van der Waals surface area contributed by atoms with E-state index in [1.54, 1.807) is 0 Å². The molecule has 0 saturated carbocycles. The Kier molecular flexibility index (Phi) is 4.20. The average molecular weight is 200 g/mol. The third kappa shape index (κ3) is 2.87. The fourth-order valence-electron chi connectivity index (χ4n) is 2.18. The molecule has 0 aliphatic carbocycles. The zero-order valence-corrected chi connectivity index (χ0v) is 9.03. The van der Waals surface area contributed by atoms with Gasteiger partial charge in [-0.15, -0.1) is 0 Å². The molecule has 0 spiro atoms. The van der Waals surface area contributed by atoms with Gasteiger partial charge in [-0.25, -0.2) is 4.79 Å². The number of carbonyl (C=O) groups is 1. The lowest BCUT2D eigenvalue weighted by molar-refractivity contribution is -0.0367. The second-order valence-corrected chi connectivity index (χ2v) is 3.83. The van der Waals surface area contributed by atoms with Gasteiger partial charge in [-0.2, -0.15) is 0 Å². The molecule has 1 amide bonds. The second kappa shape index (κ2) is 5.20. The molecule has 14 heavy (non-hydrogen) atoms. The SMILES string of the molecule is CCC1CCCCN1C(C)OC(N)=O. The number of nitrogens with two attached hydrogens (primary N) is 1. The molecule has 0 aromatic carbocycles. The zero-order chi connectivity index (χ0) is 10.6. The Balaban J connectivity index is 2.49. The molecule has 1 aliphatic heterocycles. The van der Waals surface area contributed by atoms with E-state index in [4.69, 9.17) is 10.5 Å². The molecule has 1 saturated heterocycles. The van der Waals surface area contributed by atoms with E-state index in [2.05, 4.69) is 11.8 Å². The van der Waals surface area contributed by atoms with Crippen molar-refractivity contribution < 1.29 is 9.53 Å². The first-order chi connectivity index (χ1) is 6.65. The van der Waals surface area contributed by atoms with Crippen molar-refractivity contribution in [1.82, 2.24) is 4.90 Å². The highest BCUT2D eigenvalue weighted by Gasteiger charge is 2.26. The smallest absolute Gasteiger partial charge is 0.406 e. The highest BCUT2D eigenvalue weighted by molar-refractivity contribution is 5.64. The van der Waals surface area contributed by atoms with Gasteiger partial charge in [-0.05, 0) is 26.2 Å². The van der Waals surface area contributed by atoms with Crippen molar-refractivity contribution in [2.24, 2.45) is 5.73 Å². The third-order valence-electron chi connectivity index (χ3n) is 2.90. The zero-order valence-electron chi connectivity index (χ0n) is 9.03. The second-order valence-electron chi connectivity index (χ2n) is 3.83. The van der Waals surface area contributed by atoms with Crippen molar-refractivity contribution >= 4 is 6.09 Å². The maximum Gasteiger partial charge on any atom is 0.406 e. The van der Waals surface area contributed by atoms with Crippen molar-refractivity contribution in [3.8, 4) is 0 Å².